The van der Waals surface area contributed by atoms with E-state index in [1.165, 1.54) is 42.5 Å². The lowest BCUT2D eigenvalue weighted by Gasteiger charge is -2.29. The molecular formula is C31H21Cl2FN2O6. The molecule has 0 spiro atoms. The smallest absolute Gasteiger partial charge is 0.343 e. The number of hydrogen-bond acceptors (Lipinski definition) is 7. The van der Waals surface area contributed by atoms with E-state index >= 15 is 0 Å². The molecule has 3 atom stereocenters. The van der Waals surface area contributed by atoms with Crippen LogP contribution in [0.5, 0.6) is 11.5 Å². The largest absolute Gasteiger partial charge is 0.493 e. The summed E-state index contributed by atoms with van der Waals surface area (Å²) in [5.74, 6) is -2.80. The topological polar surface area (TPSA) is 85.4 Å². The highest BCUT2D eigenvalue weighted by Crippen LogP contribution is 2.49. The van der Waals surface area contributed by atoms with Crippen LogP contribution in [-0.4, -0.2) is 31.0 Å². The normalized spacial score (nSPS) is 19.7. The number of hydrogen-bond donors (Lipinski definition) is 0. The van der Waals surface area contributed by atoms with E-state index in [4.69, 9.17) is 37.5 Å². The highest BCUT2D eigenvalue weighted by atomic mass is 35.5. The van der Waals surface area contributed by atoms with Crippen LogP contribution in [0.4, 0.5) is 15.8 Å². The van der Waals surface area contributed by atoms with E-state index in [-0.39, 0.29) is 32.8 Å². The maximum absolute atomic E-state index is 13.9. The lowest BCUT2D eigenvalue weighted by atomic mass is 9.90. The number of methoxy groups -OCH3 is 1. The van der Waals surface area contributed by atoms with Gasteiger partial charge < -0.3 is 9.47 Å². The van der Waals surface area contributed by atoms with Gasteiger partial charge >= 0.3 is 5.97 Å². The van der Waals surface area contributed by atoms with E-state index in [2.05, 4.69) is 0 Å². The number of hydroxylamine groups is 1. The molecule has 8 nitrogen and oxygen atoms in total. The molecule has 2 amide bonds. The number of anilines is 2. The summed E-state index contributed by atoms with van der Waals surface area (Å²) in [5, 5.41) is 2.03. The predicted octanol–water partition coefficient (Wildman–Crippen LogP) is 6.41. The van der Waals surface area contributed by atoms with Crippen LogP contribution < -0.4 is 19.4 Å². The van der Waals surface area contributed by atoms with Crippen molar-refractivity contribution in [2.45, 2.75) is 12.1 Å². The molecule has 2 aliphatic rings. The summed E-state index contributed by atoms with van der Waals surface area (Å²) >= 11 is 12.2. The Bertz CT molecular complexity index is 1700. The summed E-state index contributed by atoms with van der Waals surface area (Å²) in [6, 6.07) is 22.6. The van der Waals surface area contributed by atoms with Crippen LogP contribution in [0.15, 0.2) is 91.0 Å². The standard InChI is InChI=1S/C31H21Cl2FN2O6/c1-40-25-15-18(9-14-24(25)41-31(39)17-7-10-19(34)11-8-17)27-26-28(42-36(27)20-5-3-2-4-6-20)30(38)35(29(26)37)21-12-13-22(32)23(33)16-21/h2-16,26-28H,1H3/t26-,27+,28+/m1/s1. The number of para-hydroxylation sites is 1. The van der Waals surface area contributed by atoms with Gasteiger partial charge in [0.2, 0.25) is 5.91 Å². The number of benzene rings is 4. The molecule has 2 aliphatic heterocycles. The van der Waals surface area contributed by atoms with Crippen molar-refractivity contribution in [1.29, 1.82) is 0 Å². The van der Waals surface area contributed by atoms with Gasteiger partial charge in [-0.05, 0) is 72.3 Å². The fourth-order valence-electron chi connectivity index (χ4n) is 5.13. The summed E-state index contributed by atoms with van der Waals surface area (Å²) in [6.45, 7) is 0. The van der Waals surface area contributed by atoms with Crippen LogP contribution >= 0.6 is 23.2 Å². The van der Waals surface area contributed by atoms with Crippen LogP contribution in [-0.2, 0) is 14.4 Å². The first-order valence-electron chi connectivity index (χ1n) is 12.8. The van der Waals surface area contributed by atoms with Crippen LogP contribution in [0.2, 0.25) is 10.0 Å². The lowest BCUT2D eigenvalue weighted by molar-refractivity contribution is -0.126. The molecular weight excluding hydrogens is 586 g/mol. The Balaban J connectivity index is 1.37. The van der Waals surface area contributed by atoms with Gasteiger partial charge in [0.1, 0.15) is 11.7 Å². The quantitative estimate of drug-likeness (QED) is 0.142. The number of imide groups is 1. The number of fused-ring (bicyclic) bond motifs is 1. The van der Waals surface area contributed by atoms with Crippen LogP contribution in [0.25, 0.3) is 0 Å². The molecule has 4 aromatic carbocycles. The van der Waals surface area contributed by atoms with Crippen molar-refractivity contribution in [3.05, 3.63) is 118 Å². The highest BCUT2D eigenvalue weighted by Gasteiger charge is 2.60. The number of carbonyl (C=O) groups excluding carboxylic acids is 3. The zero-order chi connectivity index (χ0) is 29.5. The average molecular weight is 607 g/mol. The third-order valence-corrected chi connectivity index (χ3v) is 7.84. The maximum atomic E-state index is 13.9. The number of amides is 2. The Morgan fingerprint density at radius 1 is 0.833 bits per heavy atom. The average Bonchev–Trinajstić information content (AvgIpc) is 3.51. The van der Waals surface area contributed by atoms with Crippen molar-refractivity contribution >= 4 is 52.4 Å². The second-order valence-corrected chi connectivity index (χ2v) is 10.4. The minimum Gasteiger partial charge on any atom is -0.493 e. The number of esters is 1. The van der Waals surface area contributed by atoms with Crippen molar-refractivity contribution in [3.63, 3.8) is 0 Å². The summed E-state index contributed by atoms with van der Waals surface area (Å²) in [4.78, 5) is 47.4. The van der Waals surface area contributed by atoms with Crippen LogP contribution in [0.1, 0.15) is 22.0 Å². The zero-order valence-corrected chi connectivity index (χ0v) is 23.4. The van der Waals surface area contributed by atoms with Gasteiger partial charge in [-0.25, -0.2) is 19.1 Å². The number of halogens is 3. The van der Waals surface area contributed by atoms with E-state index in [9.17, 15) is 18.8 Å². The van der Waals surface area contributed by atoms with Gasteiger partial charge in [-0.3, -0.25) is 14.4 Å². The minimum atomic E-state index is -1.11. The van der Waals surface area contributed by atoms with Crippen molar-refractivity contribution in [1.82, 2.24) is 0 Å². The third-order valence-electron chi connectivity index (χ3n) is 7.10. The van der Waals surface area contributed by atoms with Gasteiger partial charge in [-0.1, -0.05) is 47.5 Å². The van der Waals surface area contributed by atoms with Gasteiger partial charge in [0, 0.05) is 0 Å². The SMILES string of the molecule is COc1cc([C@H]2[C@H]3C(=O)N(c4ccc(Cl)c(Cl)c4)C(=O)[C@H]3ON2c2ccccc2)ccc1OC(=O)c1ccc(F)cc1. The predicted molar refractivity (Wildman–Crippen MR) is 153 cm³/mol. The fraction of sp³-hybridized carbons (Fsp3) is 0.129. The molecule has 2 saturated heterocycles. The molecule has 2 fully saturated rings. The number of nitrogens with zero attached hydrogens (tertiary/aromatic N) is 2. The molecule has 212 valence electrons. The van der Waals surface area contributed by atoms with Crippen molar-refractivity contribution in [2.75, 3.05) is 17.1 Å². The molecule has 0 aromatic heterocycles. The Morgan fingerprint density at radius 2 is 1.57 bits per heavy atom. The van der Waals surface area contributed by atoms with E-state index in [1.807, 2.05) is 18.2 Å². The first-order valence-corrected chi connectivity index (χ1v) is 13.5. The van der Waals surface area contributed by atoms with Gasteiger partial charge in [0.15, 0.2) is 17.6 Å². The molecule has 42 heavy (non-hydrogen) atoms. The molecule has 0 radical (unpaired) electrons. The zero-order valence-electron chi connectivity index (χ0n) is 21.9. The molecule has 6 rings (SSSR count). The monoisotopic (exact) mass is 606 g/mol. The number of rotatable bonds is 6. The summed E-state index contributed by atoms with van der Waals surface area (Å²) in [5.41, 5.74) is 1.64. The summed E-state index contributed by atoms with van der Waals surface area (Å²) in [6.07, 6.45) is -1.11. The molecule has 0 bridgehead atoms. The first-order chi connectivity index (χ1) is 20.3. The van der Waals surface area contributed by atoms with Gasteiger partial charge in [-0.15, -0.1) is 0 Å². The van der Waals surface area contributed by atoms with Crippen LogP contribution in [0, 0.1) is 11.7 Å². The molecule has 4 aromatic rings. The Kier molecular flexibility index (Phi) is 7.32. The van der Waals surface area contributed by atoms with Gasteiger partial charge in [0.25, 0.3) is 5.91 Å². The highest BCUT2D eigenvalue weighted by molar-refractivity contribution is 6.42. The van der Waals surface area contributed by atoms with Crippen molar-refractivity contribution in [2.24, 2.45) is 5.92 Å². The molecule has 0 unspecified atom stereocenters. The summed E-state index contributed by atoms with van der Waals surface area (Å²) < 4.78 is 24.4. The Labute approximate surface area is 249 Å². The number of ether oxygens (including phenoxy) is 2. The van der Waals surface area contributed by atoms with E-state index in [0.717, 1.165) is 17.0 Å². The Hall–Kier alpha value is -4.44. The molecule has 0 N–H and O–H groups in total. The molecule has 2 heterocycles. The minimum absolute atomic E-state index is 0.114. The molecule has 0 aliphatic carbocycles. The number of carbonyl (C=O) groups is 3. The van der Waals surface area contributed by atoms with Gasteiger partial charge in [0.05, 0.1) is 40.1 Å². The first kappa shape index (κ1) is 27.7. The fourth-order valence-corrected chi connectivity index (χ4v) is 5.42. The van der Waals surface area contributed by atoms with E-state index in [0.29, 0.717) is 11.3 Å². The lowest BCUT2D eigenvalue weighted by Crippen LogP contribution is -2.37. The third kappa shape index (κ3) is 4.85. The second-order valence-electron chi connectivity index (χ2n) is 9.57. The van der Waals surface area contributed by atoms with E-state index < -0.39 is 41.7 Å². The van der Waals surface area contributed by atoms with Crippen molar-refractivity contribution < 1.29 is 33.1 Å². The van der Waals surface area contributed by atoms with Gasteiger partial charge in [-0.2, -0.15) is 0 Å². The van der Waals surface area contributed by atoms with Crippen LogP contribution in [0.3, 0.4) is 0 Å². The van der Waals surface area contributed by atoms with Crippen molar-refractivity contribution in [3.8, 4) is 11.5 Å². The molecule has 0 saturated carbocycles. The summed E-state index contributed by atoms with van der Waals surface area (Å²) in [7, 11) is 1.41. The molecule has 11 heteroatoms. The van der Waals surface area contributed by atoms with E-state index in [1.54, 1.807) is 30.3 Å². The maximum Gasteiger partial charge on any atom is 0.343 e. The second kappa shape index (κ2) is 11.1. The Morgan fingerprint density at radius 3 is 2.26 bits per heavy atom.